The molecule has 1 unspecified atom stereocenters. The van der Waals surface area contributed by atoms with Gasteiger partial charge < -0.3 is 10.1 Å². The van der Waals surface area contributed by atoms with E-state index >= 15 is 0 Å². The third-order valence-corrected chi connectivity index (χ3v) is 3.21. The van der Waals surface area contributed by atoms with E-state index in [9.17, 15) is 0 Å². The molecular formula is C13H27NO. The summed E-state index contributed by atoms with van der Waals surface area (Å²) < 4.78 is 5.66. The Morgan fingerprint density at radius 1 is 1.20 bits per heavy atom. The number of nitrogens with one attached hydrogen (secondary N) is 1. The Bertz CT molecular complexity index is 132. The van der Waals surface area contributed by atoms with Crippen molar-refractivity contribution < 1.29 is 4.74 Å². The van der Waals surface area contributed by atoms with Gasteiger partial charge in [0.25, 0.3) is 0 Å². The minimum atomic E-state index is 0.870. The maximum atomic E-state index is 5.66. The van der Waals surface area contributed by atoms with E-state index in [2.05, 4.69) is 12.2 Å². The highest BCUT2D eigenvalue weighted by Crippen LogP contribution is 2.13. The average molecular weight is 213 g/mol. The van der Waals surface area contributed by atoms with E-state index < -0.39 is 0 Å². The molecule has 2 nitrogen and oxygen atoms in total. The first-order chi connectivity index (χ1) is 7.43. The lowest BCUT2D eigenvalue weighted by Gasteiger charge is -2.22. The number of ether oxygens (including phenoxy) is 1. The molecule has 0 saturated carbocycles. The van der Waals surface area contributed by atoms with Gasteiger partial charge in [0.2, 0.25) is 0 Å². The van der Waals surface area contributed by atoms with E-state index in [0.29, 0.717) is 0 Å². The van der Waals surface area contributed by atoms with Crippen molar-refractivity contribution in [3.8, 4) is 0 Å². The molecule has 0 aromatic heterocycles. The lowest BCUT2D eigenvalue weighted by molar-refractivity contribution is 0.112. The highest BCUT2D eigenvalue weighted by Gasteiger charge is 2.11. The quantitative estimate of drug-likeness (QED) is 0.626. The first-order valence-electron chi connectivity index (χ1n) is 6.72. The first kappa shape index (κ1) is 13.0. The predicted octanol–water partition coefficient (Wildman–Crippen LogP) is 2.97. The van der Waals surface area contributed by atoms with Gasteiger partial charge >= 0.3 is 0 Å². The minimum absolute atomic E-state index is 0.870. The molecule has 0 radical (unpaired) electrons. The fraction of sp³-hybridized carbons (Fsp3) is 1.00. The highest BCUT2D eigenvalue weighted by atomic mass is 16.5. The van der Waals surface area contributed by atoms with Crippen molar-refractivity contribution in [1.29, 1.82) is 0 Å². The Hall–Kier alpha value is -0.0800. The maximum Gasteiger partial charge on any atom is 0.0469 e. The summed E-state index contributed by atoms with van der Waals surface area (Å²) in [4.78, 5) is 0. The van der Waals surface area contributed by atoms with E-state index in [1.165, 1.54) is 58.0 Å². The zero-order chi connectivity index (χ0) is 10.8. The summed E-state index contributed by atoms with van der Waals surface area (Å²) in [5, 5.41) is 3.45. The van der Waals surface area contributed by atoms with Crippen molar-refractivity contribution in [2.75, 3.05) is 26.3 Å². The zero-order valence-corrected chi connectivity index (χ0v) is 10.3. The smallest absolute Gasteiger partial charge is 0.0469 e. The Labute approximate surface area is 94.8 Å². The molecule has 1 aliphatic rings. The number of hydrogen-bond donors (Lipinski definition) is 1. The van der Waals surface area contributed by atoms with Gasteiger partial charge in [-0.3, -0.25) is 0 Å². The summed E-state index contributed by atoms with van der Waals surface area (Å²) in [6, 6.07) is 0. The Kier molecular flexibility index (Phi) is 7.94. The maximum absolute atomic E-state index is 5.66. The van der Waals surface area contributed by atoms with Crippen molar-refractivity contribution in [2.24, 2.45) is 5.92 Å². The highest BCUT2D eigenvalue weighted by molar-refractivity contribution is 4.68. The topological polar surface area (TPSA) is 21.3 Å². The van der Waals surface area contributed by atoms with Crippen LogP contribution >= 0.6 is 0 Å². The number of piperidine rings is 1. The number of unbranched alkanes of at least 4 members (excludes halogenated alkanes) is 3. The Morgan fingerprint density at radius 2 is 2.13 bits per heavy atom. The second kappa shape index (κ2) is 9.17. The monoisotopic (exact) mass is 213 g/mol. The van der Waals surface area contributed by atoms with Crippen molar-refractivity contribution >= 4 is 0 Å². The van der Waals surface area contributed by atoms with E-state index in [0.717, 1.165) is 19.1 Å². The SMILES string of the molecule is CCCCCCOCCC1CCCNC1. The molecule has 1 aliphatic heterocycles. The van der Waals surface area contributed by atoms with Crippen LogP contribution < -0.4 is 5.32 Å². The van der Waals surface area contributed by atoms with Crippen LogP contribution in [0, 0.1) is 5.92 Å². The summed E-state index contributed by atoms with van der Waals surface area (Å²) in [7, 11) is 0. The summed E-state index contributed by atoms with van der Waals surface area (Å²) in [6.07, 6.45) is 9.25. The summed E-state index contributed by atoms with van der Waals surface area (Å²) in [5.41, 5.74) is 0. The van der Waals surface area contributed by atoms with E-state index in [4.69, 9.17) is 4.74 Å². The lowest BCUT2D eigenvalue weighted by atomic mass is 9.97. The van der Waals surface area contributed by atoms with Gasteiger partial charge in [0.1, 0.15) is 0 Å². The summed E-state index contributed by atoms with van der Waals surface area (Å²) in [5.74, 6) is 0.870. The van der Waals surface area contributed by atoms with Crippen molar-refractivity contribution in [3.63, 3.8) is 0 Å². The molecule has 0 bridgehead atoms. The Balaban J connectivity index is 1.79. The van der Waals surface area contributed by atoms with Gasteiger partial charge in [0, 0.05) is 13.2 Å². The third-order valence-electron chi connectivity index (χ3n) is 3.21. The molecular weight excluding hydrogens is 186 g/mol. The molecule has 2 heteroatoms. The summed E-state index contributed by atoms with van der Waals surface area (Å²) >= 11 is 0. The molecule has 1 atom stereocenters. The molecule has 1 heterocycles. The van der Waals surface area contributed by atoms with Gasteiger partial charge in [-0.15, -0.1) is 0 Å². The van der Waals surface area contributed by atoms with Crippen LogP contribution in [0.5, 0.6) is 0 Å². The van der Waals surface area contributed by atoms with Crippen LogP contribution in [0.15, 0.2) is 0 Å². The van der Waals surface area contributed by atoms with Crippen molar-refractivity contribution in [3.05, 3.63) is 0 Å². The minimum Gasteiger partial charge on any atom is -0.381 e. The second-order valence-corrected chi connectivity index (χ2v) is 4.67. The molecule has 0 aliphatic carbocycles. The standard InChI is InChI=1S/C13H27NO/c1-2-3-4-5-10-15-11-8-13-7-6-9-14-12-13/h13-14H,2-12H2,1H3. The van der Waals surface area contributed by atoms with Gasteiger partial charge in [-0.2, -0.15) is 0 Å². The molecule has 0 spiro atoms. The number of hydrogen-bond acceptors (Lipinski definition) is 2. The van der Waals surface area contributed by atoms with E-state index in [1.54, 1.807) is 0 Å². The molecule has 1 fully saturated rings. The van der Waals surface area contributed by atoms with Crippen LogP contribution in [0.2, 0.25) is 0 Å². The molecule has 0 amide bonds. The van der Waals surface area contributed by atoms with Gasteiger partial charge in [-0.05, 0) is 44.7 Å². The number of rotatable bonds is 8. The summed E-state index contributed by atoms with van der Waals surface area (Å²) in [6.45, 7) is 6.61. The van der Waals surface area contributed by atoms with Gasteiger partial charge in [-0.1, -0.05) is 26.2 Å². The molecule has 0 aromatic rings. The second-order valence-electron chi connectivity index (χ2n) is 4.67. The third kappa shape index (κ3) is 6.91. The van der Waals surface area contributed by atoms with Crippen LogP contribution in [0.4, 0.5) is 0 Å². The lowest BCUT2D eigenvalue weighted by Crippen LogP contribution is -2.30. The van der Waals surface area contributed by atoms with E-state index in [1.807, 2.05) is 0 Å². The Morgan fingerprint density at radius 3 is 2.87 bits per heavy atom. The molecule has 15 heavy (non-hydrogen) atoms. The largest absolute Gasteiger partial charge is 0.381 e. The first-order valence-corrected chi connectivity index (χ1v) is 6.72. The van der Waals surface area contributed by atoms with Crippen LogP contribution in [0.3, 0.4) is 0 Å². The van der Waals surface area contributed by atoms with E-state index in [-0.39, 0.29) is 0 Å². The molecule has 1 N–H and O–H groups in total. The molecule has 1 rings (SSSR count). The zero-order valence-electron chi connectivity index (χ0n) is 10.3. The van der Waals surface area contributed by atoms with Crippen molar-refractivity contribution in [1.82, 2.24) is 5.32 Å². The van der Waals surface area contributed by atoms with Gasteiger partial charge in [0.15, 0.2) is 0 Å². The molecule has 0 aromatic carbocycles. The fourth-order valence-electron chi connectivity index (χ4n) is 2.15. The predicted molar refractivity (Wildman–Crippen MR) is 65.2 cm³/mol. The van der Waals surface area contributed by atoms with Crippen molar-refractivity contribution in [2.45, 2.75) is 51.9 Å². The molecule has 1 saturated heterocycles. The average Bonchev–Trinajstić information content (AvgIpc) is 2.29. The van der Waals surface area contributed by atoms with Crippen LogP contribution in [-0.2, 0) is 4.74 Å². The fourth-order valence-corrected chi connectivity index (χ4v) is 2.15. The van der Waals surface area contributed by atoms with Crippen LogP contribution in [-0.4, -0.2) is 26.3 Å². The van der Waals surface area contributed by atoms with Gasteiger partial charge in [0.05, 0.1) is 0 Å². The molecule has 90 valence electrons. The normalized spacial score (nSPS) is 21.8. The van der Waals surface area contributed by atoms with Crippen LogP contribution in [0.25, 0.3) is 0 Å². The van der Waals surface area contributed by atoms with Gasteiger partial charge in [-0.25, -0.2) is 0 Å². The van der Waals surface area contributed by atoms with Crippen LogP contribution in [0.1, 0.15) is 51.9 Å².